The van der Waals surface area contributed by atoms with Gasteiger partial charge >= 0.3 is 0 Å². The normalized spacial score (nSPS) is 20.6. The quantitative estimate of drug-likeness (QED) is 0.870. The van der Waals surface area contributed by atoms with Crippen LogP contribution in [0.3, 0.4) is 0 Å². The monoisotopic (exact) mass is 359 g/mol. The first-order valence-electron chi connectivity index (χ1n) is 7.07. The van der Waals surface area contributed by atoms with Crippen LogP contribution < -0.4 is 5.32 Å². The minimum absolute atomic E-state index is 0.222. The molecule has 1 aromatic rings. The molecule has 0 fully saturated rings. The number of hydrogen-bond donors (Lipinski definition) is 1. The van der Waals surface area contributed by atoms with Crippen LogP contribution in [0.2, 0.25) is 0 Å². The van der Waals surface area contributed by atoms with Gasteiger partial charge in [0.1, 0.15) is 0 Å². The summed E-state index contributed by atoms with van der Waals surface area (Å²) in [5.41, 5.74) is 2.83. The van der Waals surface area contributed by atoms with Crippen molar-refractivity contribution in [2.75, 3.05) is 19.1 Å². The van der Waals surface area contributed by atoms with Gasteiger partial charge in [-0.05, 0) is 36.1 Å². The van der Waals surface area contributed by atoms with Crippen molar-refractivity contribution >= 4 is 26.2 Å². The summed E-state index contributed by atoms with van der Waals surface area (Å²) in [4.78, 5) is 0. The summed E-state index contributed by atoms with van der Waals surface area (Å²) in [6.45, 7) is 8.53. The molecule has 20 heavy (non-hydrogen) atoms. The molecule has 2 rings (SSSR count). The summed E-state index contributed by atoms with van der Waals surface area (Å²) in [7, 11) is -1.04. The molecular weight excluding hydrogens is 334 g/mol. The lowest BCUT2D eigenvalue weighted by Gasteiger charge is -2.44. The van der Waals surface area contributed by atoms with Crippen molar-refractivity contribution in [3.8, 4) is 0 Å². The number of rotatable bonds is 3. The minimum atomic E-state index is -1.04. The number of fused-ring (bicyclic) bond motifs is 1. The van der Waals surface area contributed by atoms with Gasteiger partial charge in [-0.15, -0.1) is 10.3 Å². The molecule has 0 aliphatic carbocycles. The van der Waals surface area contributed by atoms with Gasteiger partial charge < -0.3 is 9.50 Å². The summed E-state index contributed by atoms with van der Waals surface area (Å²) in [6.07, 6.45) is 5.57. The van der Waals surface area contributed by atoms with Gasteiger partial charge in [0.05, 0.1) is 6.61 Å². The molecule has 1 aromatic carbocycles. The van der Waals surface area contributed by atoms with E-state index in [-0.39, 0.29) is 4.75 Å². The van der Waals surface area contributed by atoms with Gasteiger partial charge in [-0.2, -0.15) is 0 Å². The Kier molecular flexibility index (Phi) is 4.90. The van der Waals surface area contributed by atoms with E-state index in [2.05, 4.69) is 72.7 Å². The fraction of sp³-hybridized carbons (Fsp3) is 0.625. The molecule has 1 aliphatic rings. The first-order valence-corrected chi connectivity index (χ1v) is 10.2. The van der Waals surface area contributed by atoms with E-state index in [0.29, 0.717) is 6.04 Å². The van der Waals surface area contributed by atoms with Crippen LogP contribution in [0.4, 0.5) is 0 Å². The van der Waals surface area contributed by atoms with Crippen LogP contribution in [0.5, 0.6) is 0 Å². The van der Waals surface area contributed by atoms with E-state index in [9.17, 15) is 0 Å². The molecule has 0 aromatic heterocycles. The zero-order valence-electron chi connectivity index (χ0n) is 13.1. The molecule has 1 heterocycles. The molecule has 0 unspecified atom stereocenters. The third-order valence-electron chi connectivity index (χ3n) is 4.29. The zero-order chi connectivity index (χ0) is 15.0. The fourth-order valence-electron chi connectivity index (χ4n) is 2.12. The van der Waals surface area contributed by atoms with E-state index in [0.717, 1.165) is 19.6 Å². The predicted molar refractivity (Wildman–Crippen MR) is 93.6 cm³/mol. The van der Waals surface area contributed by atoms with Crippen LogP contribution in [0.15, 0.2) is 22.7 Å². The average molecular weight is 360 g/mol. The highest BCUT2D eigenvalue weighted by molar-refractivity contribution is 9.10. The Morgan fingerprint density at radius 3 is 2.70 bits per heavy atom. The molecule has 114 valence electrons. The predicted octanol–water partition coefficient (Wildman–Crippen LogP) is 4.26. The summed E-state index contributed by atoms with van der Waals surface area (Å²) in [6, 6.07) is 6.85. The molecule has 4 heteroatoms. The van der Waals surface area contributed by atoms with Gasteiger partial charge in [-0.1, -0.05) is 48.8 Å². The van der Waals surface area contributed by atoms with Gasteiger partial charge in [0.2, 0.25) is 0 Å². The van der Waals surface area contributed by atoms with Crippen molar-refractivity contribution in [1.29, 1.82) is 0 Å². The molecule has 1 N–H and O–H groups in total. The van der Waals surface area contributed by atoms with Crippen LogP contribution in [-0.4, -0.2) is 29.9 Å². The molecule has 0 spiro atoms. The SMILES string of the molecule is CC(C)(C)S(C)(C)OC[C@H]1Cc2c(Br)cccc2CN1. The summed E-state index contributed by atoms with van der Waals surface area (Å²) < 4.78 is 7.74. The average Bonchev–Trinajstić information content (AvgIpc) is 2.36. The number of benzene rings is 1. The van der Waals surface area contributed by atoms with E-state index in [1.54, 1.807) is 0 Å². The minimum Gasteiger partial charge on any atom is -0.335 e. The molecule has 2 nitrogen and oxygen atoms in total. The van der Waals surface area contributed by atoms with Crippen molar-refractivity contribution in [1.82, 2.24) is 5.32 Å². The summed E-state index contributed by atoms with van der Waals surface area (Å²) in [5, 5.41) is 3.59. The van der Waals surface area contributed by atoms with Crippen molar-refractivity contribution in [3.63, 3.8) is 0 Å². The van der Waals surface area contributed by atoms with Gasteiger partial charge in [-0.3, -0.25) is 0 Å². The molecule has 0 saturated carbocycles. The van der Waals surface area contributed by atoms with Crippen LogP contribution in [0.25, 0.3) is 0 Å². The summed E-state index contributed by atoms with van der Waals surface area (Å²) >= 11 is 3.67. The third-order valence-corrected chi connectivity index (χ3v) is 8.70. The standard InChI is InChI=1S/C16H26BrNOS/c1-16(2,3)20(4,5)19-11-13-9-14-12(10-18-13)7-6-8-15(14)17/h6-8,13,18H,9-11H2,1-5H3/t13-/m1/s1. The number of halogens is 1. The van der Waals surface area contributed by atoms with Crippen LogP contribution in [0.1, 0.15) is 31.9 Å². The van der Waals surface area contributed by atoms with E-state index in [1.165, 1.54) is 15.6 Å². The number of hydrogen-bond acceptors (Lipinski definition) is 2. The van der Waals surface area contributed by atoms with E-state index in [4.69, 9.17) is 4.18 Å². The van der Waals surface area contributed by atoms with Crippen LogP contribution in [-0.2, 0) is 17.1 Å². The highest BCUT2D eigenvalue weighted by atomic mass is 79.9. The molecule has 0 radical (unpaired) electrons. The van der Waals surface area contributed by atoms with E-state index >= 15 is 0 Å². The second-order valence-corrected chi connectivity index (χ2v) is 11.6. The second-order valence-electron chi connectivity index (χ2n) is 6.79. The molecule has 0 amide bonds. The van der Waals surface area contributed by atoms with Gasteiger partial charge in [0.25, 0.3) is 0 Å². The van der Waals surface area contributed by atoms with Crippen molar-refractivity contribution in [3.05, 3.63) is 33.8 Å². The first kappa shape index (κ1) is 16.3. The molecule has 0 bridgehead atoms. The topological polar surface area (TPSA) is 21.3 Å². The lowest BCUT2D eigenvalue weighted by atomic mass is 9.96. The van der Waals surface area contributed by atoms with Crippen molar-refractivity contribution in [2.45, 2.75) is 44.5 Å². The lowest BCUT2D eigenvalue weighted by molar-refractivity contribution is 0.278. The molecule has 1 atom stereocenters. The van der Waals surface area contributed by atoms with E-state index in [1.807, 2.05) is 0 Å². The van der Waals surface area contributed by atoms with Crippen molar-refractivity contribution in [2.24, 2.45) is 0 Å². The maximum absolute atomic E-state index is 6.29. The van der Waals surface area contributed by atoms with Gasteiger partial charge in [-0.25, -0.2) is 0 Å². The maximum atomic E-state index is 6.29. The molecular formula is C16H26BrNOS. The molecule has 0 saturated heterocycles. The smallest absolute Gasteiger partial charge is 0.0749 e. The van der Waals surface area contributed by atoms with Crippen LogP contribution >= 0.6 is 26.2 Å². The second kappa shape index (κ2) is 5.99. The third kappa shape index (κ3) is 3.59. The first-order chi connectivity index (χ1) is 9.21. The van der Waals surface area contributed by atoms with Crippen molar-refractivity contribution < 1.29 is 4.18 Å². The Morgan fingerprint density at radius 1 is 1.35 bits per heavy atom. The Hall–Kier alpha value is -0.0300. The maximum Gasteiger partial charge on any atom is 0.0749 e. The van der Waals surface area contributed by atoms with Gasteiger partial charge in [0.15, 0.2) is 0 Å². The Labute approximate surface area is 133 Å². The Balaban J connectivity index is 1.99. The Morgan fingerprint density at radius 2 is 2.05 bits per heavy atom. The fourth-order valence-corrected chi connectivity index (χ4v) is 3.54. The number of nitrogens with one attached hydrogen (secondary N) is 1. The Bertz CT molecular complexity index is 482. The molecule has 1 aliphatic heterocycles. The van der Waals surface area contributed by atoms with E-state index < -0.39 is 10.3 Å². The van der Waals surface area contributed by atoms with Crippen LogP contribution in [0, 0.1) is 0 Å². The largest absolute Gasteiger partial charge is 0.335 e. The summed E-state index contributed by atoms with van der Waals surface area (Å²) in [5.74, 6) is 0. The highest BCUT2D eigenvalue weighted by Crippen LogP contribution is 2.53. The zero-order valence-corrected chi connectivity index (χ0v) is 15.5. The highest BCUT2D eigenvalue weighted by Gasteiger charge is 2.30. The van der Waals surface area contributed by atoms with Gasteiger partial charge in [0, 0.05) is 21.8 Å². The lowest BCUT2D eigenvalue weighted by Crippen LogP contribution is -2.40.